The summed E-state index contributed by atoms with van der Waals surface area (Å²) in [6, 6.07) is 8.86. The van der Waals surface area contributed by atoms with E-state index in [1.165, 1.54) is 0 Å². The smallest absolute Gasteiger partial charge is 0.335 e. The van der Waals surface area contributed by atoms with Gasteiger partial charge in [0.1, 0.15) is 6.10 Å². The van der Waals surface area contributed by atoms with E-state index in [-0.39, 0.29) is 17.6 Å². The maximum absolute atomic E-state index is 12.5. The van der Waals surface area contributed by atoms with Gasteiger partial charge >= 0.3 is 5.97 Å². The number of aromatic carboxylic acids is 1. The minimum atomic E-state index is -0.957. The Balaban J connectivity index is 1.60. The molecule has 1 N–H and O–H groups in total. The van der Waals surface area contributed by atoms with Crippen molar-refractivity contribution in [3.8, 4) is 0 Å². The molecular weight excluding hydrogens is 326 g/mol. The molecule has 1 aromatic heterocycles. The van der Waals surface area contributed by atoms with Gasteiger partial charge in [-0.1, -0.05) is 18.2 Å². The number of hydrogen-bond donors (Lipinski definition) is 1. The molecule has 0 saturated carbocycles. The Morgan fingerprint density at radius 2 is 2.12 bits per heavy atom. The Morgan fingerprint density at radius 1 is 1.29 bits per heavy atom. The van der Waals surface area contributed by atoms with Gasteiger partial charge in [0.25, 0.3) is 0 Å². The summed E-state index contributed by atoms with van der Waals surface area (Å²) >= 11 is 1.62. The van der Waals surface area contributed by atoms with Crippen LogP contribution in [0.2, 0.25) is 0 Å². The average molecular weight is 345 g/mol. The third-order valence-corrected chi connectivity index (χ3v) is 4.89. The minimum Gasteiger partial charge on any atom is -0.478 e. The predicted octanol–water partition coefficient (Wildman–Crippen LogP) is 2.98. The summed E-state index contributed by atoms with van der Waals surface area (Å²) in [4.78, 5) is 25.5. The molecule has 1 aromatic carbocycles. The summed E-state index contributed by atoms with van der Waals surface area (Å²) in [7, 11) is 0. The normalized spacial score (nSPS) is 17.7. The van der Waals surface area contributed by atoms with E-state index >= 15 is 0 Å². The highest BCUT2D eigenvalue weighted by Gasteiger charge is 2.25. The van der Waals surface area contributed by atoms with Crippen LogP contribution in [-0.2, 0) is 16.0 Å². The predicted molar refractivity (Wildman–Crippen MR) is 91.3 cm³/mol. The van der Waals surface area contributed by atoms with Crippen molar-refractivity contribution in [1.82, 2.24) is 4.90 Å². The molecule has 126 valence electrons. The molecule has 1 fully saturated rings. The summed E-state index contributed by atoms with van der Waals surface area (Å²) in [5.41, 5.74) is 2.07. The molecule has 0 bridgehead atoms. The lowest BCUT2D eigenvalue weighted by molar-refractivity contribution is -0.139. The van der Waals surface area contributed by atoms with Crippen LogP contribution in [-0.4, -0.2) is 41.6 Å². The van der Waals surface area contributed by atoms with Gasteiger partial charge in [0.15, 0.2) is 0 Å². The third kappa shape index (κ3) is 3.83. The standard InChI is InChI=1S/C18H19NO4S/c20-17(6-5-13-3-1-2-4-15(13)18(21)22)19-8-9-23-16(11-19)14-7-10-24-12-14/h1-4,7,10,12,16H,5-6,8-9,11H2,(H,21,22)/t16-/m0/s1. The van der Waals surface area contributed by atoms with E-state index < -0.39 is 5.97 Å². The van der Waals surface area contributed by atoms with Crippen LogP contribution >= 0.6 is 11.3 Å². The van der Waals surface area contributed by atoms with Crippen LogP contribution < -0.4 is 0 Å². The number of carboxylic acids is 1. The van der Waals surface area contributed by atoms with Crippen molar-refractivity contribution in [2.75, 3.05) is 19.7 Å². The van der Waals surface area contributed by atoms with Crippen molar-refractivity contribution >= 4 is 23.2 Å². The van der Waals surface area contributed by atoms with Gasteiger partial charge in [0.2, 0.25) is 5.91 Å². The zero-order valence-corrected chi connectivity index (χ0v) is 14.0. The second-order valence-corrected chi connectivity index (χ2v) is 6.50. The maximum atomic E-state index is 12.5. The molecule has 0 aliphatic carbocycles. The zero-order valence-electron chi connectivity index (χ0n) is 13.2. The first-order valence-corrected chi connectivity index (χ1v) is 8.82. The zero-order chi connectivity index (χ0) is 16.9. The number of carboxylic acid groups (broad SMARTS) is 1. The van der Waals surface area contributed by atoms with E-state index in [1.807, 2.05) is 21.7 Å². The molecular formula is C18H19NO4S. The summed E-state index contributed by atoms with van der Waals surface area (Å²) in [6.07, 6.45) is 0.669. The van der Waals surface area contributed by atoms with Crippen molar-refractivity contribution < 1.29 is 19.4 Å². The van der Waals surface area contributed by atoms with Gasteiger partial charge < -0.3 is 14.7 Å². The van der Waals surface area contributed by atoms with E-state index in [9.17, 15) is 14.7 Å². The van der Waals surface area contributed by atoms with Crippen LogP contribution in [0, 0.1) is 0 Å². The maximum Gasteiger partial charge on any atom is 0.335 e. The first-order chi connectivity index (χ1) is 11.6. The molecule has 1 saturated heterocycles. The summed E-state index contributed by atoms with van der Waals surface area (Å²) < 4.78 is 5.75. The largest absolute Gasteiger partial charge is 0.478 e. The lowest BCUT2D eigenvalue weighted by Gasteiger charge is -2.33. The van der Waals surface area contributed by atoms with Gasteiger partial charge in [0.05, 0.1) is 18.7 Å². The van der Waals surface area contributed by atoms with Crippen LogP contribution in [0.25, 0.3) is 0 Å². The number of benzene rings is 1. The van der Waals surface area contributed by atoms with E-state index in [0.717, 1.165) is 5.56 Å². The monoisotopic (exact) mass is 345 g/mol. The molecule has 0 spiro atoms. The Labute approximate surface area is 144 Å². The van der Waals surface area contributed by atoms with Crippen LogP contribution in [0.5, 0.6) is 0 Å². The van der Waals surface area contributed by atoms with Gasteiger partial charge in [0, 0.05) is 13.0 Å². The Bertz CT molecular complexity index is 714. The fourth-order valence-electron chi connectivity index (χ4n) is 2.88. The van der Waals surface area contributed by atoms with Crippen LogP contribution in [0.1, 0.15) is 34.0 Å². The molecule has 5 nitrogen and oxygen atoms in total. The average Bonchev–Trinajstić information content (AvgIpc) is 3.14. The summed E-state index contributed by atoms with van der Waals surface area (Å²) in [6.45, 7) is 1.66. The van der Waals surface area contributed by atoms with Crippen molar-refractivity contribution in [3.63, 3.8) is 0 Å². The molecule has 1 atom stereocenters. The SMILES string of the molecule is O=C(O)c1ccccc1CCC(=O)N1CCO[C@H](c2ccsc2)C1. The number of amides is 1. The topological polar surface area (TPSA) is 66.8 Å². The van der Waals surface area contributed by atoms with Crippen LogP contribution in [0.4, 0.5) is 0 Å². The molecule has 2 aromatic rings. The van der Waals surface area contributed by atoms with Gasteiger partial charge in [-0.25, -0.2) is 4.79 Å². The van der Waals surface area contributed by atoms with Crippen LogP contribution in [0.3, 0.4) is 0 Å². The van der Waals surface area contributed by atoms with Crippen molar-refractivity contribution in [2.45, 2.75) is 18.9 Å². The van der Waals surface area contributed by atoms with Gasteiger partial charge in [-0.05, 0) is 40.4 Å². The molecule has 1 aliphatic heterocycles. The van der Waals surface area contributed by atoms with Crippen molar-refractivity contribution in [2.24, 2.45) is 0 Å². The molecule has 1 aliphatic rings. The number of aryl methyl sites for hydroxylation is 1. The fraction of sp³-hybridized carbons (Fsp3) is 0.333. The highest BCUT2D eigenvalue weighted by atomic mass is 32.1. The van der Waals surface area contributed by atoms with Crippen molar-refractivity contribution in [1.29, 1.82) is 0 Å². The number of carbonyl (C=O) groups is 2. The minimum absolute atomic E-state index is 0.0405. The number of morpholine rings is 1. The second kappa shape index (κ2) is 7.59. The van der Waals surface area contributed by atoms with Gasteiger partial charge in [-0.15, -0.1) is 0 Å². The molecule has 2 heterocycles. The fourth-order valence-corrected chi connectivity index (χ4v) is 3.58. The second-order valence-electron chi connectivity index (χ2n) is 5.72. The number of hydrogen-bond acceptors (Lipinski definition) is 4. The molecule has 3 rings (SSSR count). The number of nitrogens with zero attached hydrogens (tertiary/aromatic N) is 1. The first kappa shape index (κ1) is 16.7. The number of thiophene rings is 1. The summed E-state index contributed by atoms with van der Waals surface area (Å²) in [5, 5.41) is 13.3. The molecule has 1 amide bonds. The van der Waals surface area contributed by atoms with E-state index in [4.69, 9.17) is 4.74 Å². The summed E-state index contributed by atoms with van der Waals surface area (Å²) in [5.74, 6) is -0.916. The highest BCUT2D eigenvalue weighted by Crippen LogP contribution is 2.24. The van der Waals surface area contributed by atoms with Gasteiger partial charge in [-0.3, -0.25) is 4.79 Å². The van der Waals surface area contributed by atoms with E-state index in [1.54, 1.807) is 35.6 Å². The molecule has 6 heteroatoms. The Morgan fingerprint density at radius 3 is 2.88 bits per heavy atom. The Kier molecular flexibility index (Phi) is 5.27. The third-order valence-electron chi connectivity index (χ3n) is 4.19. The van der Waals surface area contributed by atoms with Gasteiger partial charge in [-0.2, -0.15) is 11.3 Å². The molecule has 0 unspecified atom stereocenters. The lowest BCUT2D eigenvalue weighted by atomic mass is 10.0. The number of rotatable bonds is 5. The quantitative estimate of drug-likeness (QED) is 0.905. The van der Waals surface area contributed by atoms with E-state index in [0.29, 0.717) is 38.1 Å². The lowest BCUT2D eigenvalue weighted by Crippen LogP contribution is -2.42. The van der Waals surface area contributed by atoms with Crippen LogP contribution in [0.15, 0.2) is 41.1 Å². The van der Waals surface area contributed by atoms with Crippen molar-refractivity contribution in [3.05, 3.63) is 57.8 Å². The number of ether oxygens (including phenoxy) is 1. The first-order valence-electron chi connectivity index (χ1n) is 7.88. The number of carbonyl (C=O) groups excluding carboxylic acids is 1. The molecule has 0 radical (unpaired) electrons. The molecule has 24 heavy (non-hydrogen) atoms. The Hall–Kier alpha value is -2.18. The highest BCUT2D eigenvalue weighted by molar-refractivity contribution is 7.07. The van der Waals surface area contributed by atoms with E-state index in [2.05, 4.69) is 0 Å².